The number of hydrogen-bond donors (Lipinski definition) is 2. The van der Waals surface area contributed by atoms with Crippen molar-refractivity contribution in [3.05, 3.63) is 0 Å². The lowest BCUT2D eigenvalue weighted by molar-refractivity contribution is -0.163. The first-order valence-corrected chi connectivity index (χ1v) is 5.64. The monoisotopic (exact) mass is 216 g/mol. The third-order valence-corrected chi connectivity index (χ3v) is 3.09. The van der Waals surface area contributed by atoms with Gasteiger partial charge in [0.2, 0.25) is 0 Å². The minimum Gasteiger partial charge on any atom is -0.465 e. The average molecular weight is 216 g/mol. The van der Waals surface area contributed by atoms with Crippen LogP contribution < -0.4 is 0 Å². The molecule has 0 bridgehead atoms. The van der Waals surface area contributed by atoms with E-state index in [2.05, 4.69) is 0 Å². The van der Waals surface area contributed by atoms with Gasteiger partial charge in [-0.1, -0.05) is 0 Å². The van der Waals surface area contributed by atoms with E-state index in [1.807, 2.05) is 0 Å². The number of ether oxygens (including phenoxy) is 1. The molecule has 4 heteroatoms. The van der Waals surface area contributed by atoms with Gasteiger partial charge in [0, 0.05) is 13.2 Å². The van der Waals surface area contributed by atoms with E-state index in [0.717, 1.165) is 12.8 Å². The van der Waals surface area contributed by atoms with E-state index in [0.29, 0.717) is 32.3 Å². The van der Waals surface area contributed by atoms with Gasteiger partial charge < -0.3 is 14.9 Å². The second-order valence-corrected chi connectivity index (χ2v) is 4.17. The van der Waals surface area contributed by atoms with Gasteiger partial charge in [0.25, 0.3) is 0 Å². The number of rotatable bonds is 6. The molecule has 0 amide bonds. The zero-order chi connectivity index (χ0) is 11.1. The zero-order valence-electron chi connectivity index (χ0n) is 9.07. The Hall–Kier alpha value is -0.610. The summed E-state index contributed by atoms with van der Waals surface area (Å²) in [7, 11) is 0. The Morgan fingerprint density at radius 2 is 1.80 bits per heavy atom. The van der Waals surface area contributed by atoms with Gasteiger partial charge >= 0.3 is 5.97 Å². The summed E-state index contributed by atoms with van der Waals surface area (Å²) in [5.74, 6) is -0.143. The predicted molar refractivity (Wildman–Crippen MR) is 55.3 cm³/mol. The van der Waals surface area contributed by atoms with E-state index in [4.69, 9.17) is 14.9 Å². The number of carbonyl (C=O) groups excluding carboxylic acids is 1. The summed E-state index contributed by atoms with van der Waals surface area (Å²) in [5.41, 5.74) is -0.441. The highest BCUT2D eigenvalue weighted by atomic mass is 16.5. The first-order valence-electron chi connectivity index (χ1n) is 5.64. The van der Waals surface area contributed by atoms with Gasteiger partial charge in [-0.3, -0.25) is 4.79 Å². The SMILES string of the molecule is O=C1OCCCC1(CCCO)CCCO. The van der Waals surface area contributed by atoms with Crippen LogP contribution in [0, 0.1) is 5.41 Å². The topological polar surface area (TPSA) is 66.8 Å². The molecule has 1 aliphatic rings. The molecule has 0 aliphatic carbocycles. The van der Waals surface area contributed by atoms with E-state index in [1.165, 1.54) is 0 Å². The largest absolute Gasteiger partial charge is 0.465 e. The summed E-state index contributed by atoms with van der Waals surface area (Å²) < 4.78 is 5.09. The Morgan fingerprint density at radius 3 is 2.27 bits per heavy atom. The minimum absolute atomic E-state index is 0.105. The lowest BCUT2D eigenvalue weighted by atomic mass is 9.74. The van der Waals surface area contributed by atoms with Gasteiger partial charge in [0.15, 0.2) is 0 Å². The van der Waals surface area contributed by atoms with Crippen molar-refractivity contribution in [3.63, 3.8) is 0 Å². The Balaban J connectivity index is 2.59. The summed E-state index contributed by atoms with van der Waals surface area (Å²) in [6, 6.07) is 0. The molecule has 1 heterocycles. The molecule has 1 saturated heterocycles. The van der Waals surface area contributed by atoms with Gasteiger partial charge in [-0.05, 0) is 38.5 Å². The lowest BCUT2D eigenvalue weighted by Gasteiger charge is -2.34. The first-order chi connectivity index (χ1) is 7.25. The Bertz CT molecular complexity index is 195. The Morgan fingerprint density at radius 1 is 1.20 bits per heavy atom. The van der Waals surface area contributed by atoms with Crippen LogP contribution in [0.3, 0.4) is 0 Å². The zero-order valence-corrected chi connectivity index (χ0v) is 9.07. The van der Waals surface area contributed by atoms with Crippen molar-refractivity contribution >= 4 is 5.97 Å². The van der Waals surface area contributed by atoms with Crippen LogP contribution in [0.15, 0.2) is 0 Å². The smallest absolute Gasteiger partial charge is 0.312 e. The molecular weight excluding hydrogens is 196 g/mol. The molecule has 0 aromatic rings. The van der Waals surface area contributed by atoms with Gasteiger partial charge in [-0.2, -0.15) is 0 Å². The molecule has 0 aromatic carbocycles. The number of esters is 1. The minimum atomic E-state index is -0.441. The predicted octanol–water partition coefficient (Wildman–Crippen LogP) is 0.855. The third kappa shape index (κ3) is 3.18. The second-order valence-electron chi connectivity index (χ2n) is 4.17. The van der Waals surface area contributed by atoms with Crippen LogP contribution in [-0.4, -0.2) is 36.0 Å². The highest BCUT2D eigenvalue weighted by Crippen LogP contribution is 2.38. The summed E-state index contributed by atoms with van der Waals surface area (Å²) in [5, 5.41) is 17.6. The van der Waals surface area contributed by atoms with Crippen LogP contribution >= 0.6 is 0 Å². The number of carbonyl (C=O) groups is 1. The van der Waals surface area contributed by atoms with Crippen LogP contribution in [0.25, 0.3) is 0 Å². The molecule has 0 atom stereocenters. The van der Waals surface area contributed by atoms with Crippen LogP contribution in [0.4, 0.5) is 0 Å². The molecule has 4 nitrogen and oxygen atoms in total. The molecule has 0 unspecified atom stereocenters. The van der Waals surface area contributed by atoms with Crippen molar-refractivity contribution in [1.82, 2.24) is 0 Å². The molecule has 1 aliphatic heterocycles. The fourth-order valence-corrected chi connectivity index (χ4v) is 2.24. The molecule has 88 valence electrons. The highest BCUT2D eigenvalue weighted by Gasteiger charge is 2.40. The van der Waals surface area contributed by atoms with Crippen molar-refractivity contribution in [2.75, 3.05) is 19.8 Å². The maximum atomic E-state index is 11.7. The number of hydrogen-bond acceptors (Lipinski definition) is 4. The van der Waals surface area contributed by atoms with Crippen molar-refractivity contribution in [3.8, 4) is 0 Å². The molecule has 0 spiro atoms. The molecule has 1 rings (SSSR count). The van der Waals surface area contributed by atoms with E-state index in [9.17, 15) is 4.79 Å². The fourth-order valence-electron chi connectivity index (χ4n) is 2.24. The first kappa shape index (κ1) is 12.5. The molecule has 1 fully saturated rings. The van der Waals surface area contributed by atoms with E-state index in [1.54, 1.807) is 0 Å². The van der Waals surface area contributed by atoms with E-state index in [-0.39, 0.29) is 19.2 Å². The normalized spacial score (nSPS) is 20.0. The van der Waals surface area contributed by atoms with Crippen LogP contribution in [0.2, 0.25) is 0 Å². The number of aliphatic hydroxyl groups excluding tert-OH is 2. The van der Waals surface area contributed by atoms with Gasteiger partial charge in [-0.25, -0.2) is 0 Å². The Labute approximate surface area is 90.2 Å². The molecule has 0 saturated carbocycles. The van der Waals surface area contributed by atoms with Gasteiger partial charge in [0.1, 0.15) is 0 Å². The lowest BCUT2D eigenvalue weighted by Crippen LogP contribution is -2.37. The van der Waals surface area contributed by atoms with Crippen molar-refractivity contribution in [1.29, 1.82) is 0 Å². The second kappa shape index (κ2) is 6.08. The van der Waals surface area contributed by atoms with Gasteiger partial charge in [0.05, 0.1) is 12.0 Å². The van der Waals surface area contributed by atoms with Crippen LogP contribution in [0.1, 0.15) is 38.5 Å². The third-order valence-electron chi connectivity index (χ3n) is 3.09. The molecule has 15 heavy (non-hydrogen) atoms. The van der Waals surface area contributed by atoms with Crippen molar-refractivity contribution in [2.24, 2.45) is 5.41 Å². The summed E-state index contributed by atoms with van der Waals surface area (Å²) in [6.45, 7) is 0.723. The fraction of sp³-hybridized carbons (Fsp3) is 0.909. The summed E-state index contributed by atoms with van der Waals surface area (Å²) >= 11 is 0. The van der Waals surface area contributed by atoms with Gasteiger partial charge in [-0.15, -0.1) is 0 Å². The number of aliphatic hydroxyl groups is 2. The van der Waals surface area contributed by atoms with Crippen LogP contribution in [0.5, 0.6) is 0 Å². The highest BCUT2D eigenvalue weighted by molar-refractivity contribution is 5.77. The average Bonchev–Trinajstić information content (AvgIpc) is 2.27. The quantitative estimate of drug-likeness (QED) is 0.646. The molecular formula is C11H20O4. The van der Waals surface area contributed by atoms with Crippen LogP contribution in [-0.2, 0) is 9.53 Å². The Kier molecular flexibility index (Phi) is 5.05. The van der Waals surface area contributed by atoms with Crippen molar-refractivity contribution in [2.45, 2.75) is 38.5 Å². The van der Waals surface area contributed by atoms with Crippen molar-refractivity contribution < 1.29 is 19.7 Å². The maximum absolute atomic E-state index is 11.7. The summed E-state index contributed by atoms with van der Waals surface area (Å²) in [6.07, 6.45) is 4.31. The van der Waals surface area contributed by atoms with E-state index >= 15 is 0 Å². The maximum Gasteiger partial charge on any atom is 0.312 e. The number of cyclic esters (lactones) is 1. The summed E-state index contributed by atoms with van der Waals surface area (Å²) in [4.78, 5) is 11.7. The molecule has 0 aromatic heterocycles. The molecule has 2 N–H and O–H groups in total. The molecule has 0 radical (unpaired) electrons. The standard InChI is InChI=1S/C11H20O4/c12-7-1-4-11(5-2-8-13)6-3-9-15-10(11)14/h12-13H,1-9H2. The van der Waals surface area contributed by atoms with E-state index < -0.39 is 5.41 Å².